The molecule has 0 spiro atoms. The van der Waals surface area contributed by atoms with Crippen LogP contribution in [0.15, 0.2) is 36.8 Å². The van der Waals surface area contributed by atoms with Crippen LogP contribution in [0.4, 0.5) is 10.2 Å². The van der Waals surface area contributed by atoms with E-state index in [1.807, 2.05) is 11.5 Å². The lowest BCUT2D eigenvalue weighted by Crippen LogP contribution is -2.43. The highest BCUT2D eigenvalue weighted by Crippen LogP contribution is 2.41. The molecule has 1 saturated heterocycles. The van der Waals surface area contributed by atoms with Gasteiger partial charge in [-0.25, -0.2) is 14.4 Å². The molecule has 2 aliphatic rings. The van der Waals surface area contributed by atoms with E-state index in [1.54, 1.807) is 35.3 Å². The first-order chi connectivity index (χ1) is 16.6. The number of benzene rings is 1. The fourth-order valence-corrected chi connectivity index (χ4v) is 5.03. The molecule has 0 aliphatic carbocycles. The van der Waals surface area contributed by atoms with Gasteiger partial charge in [-0.15, -0.1) is 10.2 Å². The van der Waals surface area contributed by atoms with Crippen LogP contribution < -0.4 is 4.90 Å². The van der Waals surface area contributed by atoms with Crippen molar-refractivity contribution in [3.63, 3.8) is 0 Å². The van der Waals surface area contributed by atoms with Crippen molar-refractivity contribution in [2.45, 2.75) is 38.8 Å². The highest BCUT2D eigenvalue weighted by molar-refractivity contribution is 6.31. The van der Waals surface area contributed by atoms with Gasteiger partial charge in [0.15, 0.2) is 11.6 Å². The zero-order valence-corrected chi connectivity index (χ0v) is 19.4. The Balaban J connectivity index is 1.52. The van der Waals surface area contributed by atoms with Crippen molar-refractivity contribution in [2.24, 2.45) is 0 Å². The summed E-state index contributed by atoms with van der Waals surface area (Å²) in [6, 6.07) is 4.71. The Morgan fingerprint density at radius 2 is 2.12 bits per heavy atom. The second-order valence-corrected chi connectivity index (χ2v) is 8.83. The number of rotatable bonds is 4. The van der Waals surface area contributed by atoms with Crippen molar-refractivity contribution in [3.8, 4) is 23.0 Å². The van der Waals surface area contributed by atoms with Gasteiger partial charge < -0.3 is 9.64 Å². The van der Waals surface area contributed by atoms with E-state index >= 15 is 0 Å². The third kappa shape index (κ3) is 3.20. The van der Waals surface area contributed by atoms with Crippen LogP contribution >= 0.6 is 11.6 Å². The predicted octanol–water partition coefficient (Wildman–Crippen LogP) is 4.07. The molecule has 6 rings (SSSR count). The summed E-state index contributed by atoms with van der Waals surface area (Å²) in [6.45, 7) is 5.42. The van der Waals surface area contributed by atoms with E-state index in [9.17, 15) is 4.39 Å². The second kappa shape index (κ2) is 8.14. The maximum atomic E-state index is 13.7. The van der Waals surface area contributed by atoms with Crippen LogP contribution in [-0.2, 0) is 4.74 Å². The Morgan fingerprint density at radius 1 is 1.24 bits per heavy atom. The largest absolute Gasteiger partial charge is 0.379 e. The molecule has 2 unspecified atom stereocenters. The molecule has 2 aliphatic heterocycles. The molecule has 4 aromatic rings. The summed E-state index contributed by atoms with van der Waals surface area (Å²) in [5, 5.41) is 8.86. The number of hydrogen-bond donors (Lipinski definition) is 0. The van der Waals surface area contributed by atoms with Crippen LogP contribution in [0.5, 0.6) is 0 Å². The number of halogens is 2. The Hall–Kier alpha value is -3.37. The van der Waals surface area contributed by atoms with Gasteiger partial charge in [-0.05, 0) is 38.0 Å². The summed E-state index contributed by atoms with van der Waals surface area (Å²) < 4.78 is 23.3. The molecule has 0 bridgehead atoms. The van der Waals surface area contributed by atoms with Crippen molar-refractivity contribution in [1.29, 1.82) is 0 Å². The molecular weight excluding hydrogens is 459 g/mol. The summed E-state index contributed by atoms with van der Waals surface area (Å²) in [6.07, 6.45) is 7.00. The van der Waals surface area contributed by atoms with Crippen molar-refractivity contribution in [1.82, 2.24) is 34.3 Å². The summed E-state index contributed by atoms with van der Waals surface area (Å²) in [4.78, 5) is 16.5. The molecule has 0 N–H and O–H groups in total. The zero-order chi connectivity index (χ0) is 23.4. The molecule has 1 aromatic carbocycles. The van der Waals surface area contributed by atoms with Gasteiger partial charge in [-0.3, -0.25) is 9.13 Å². The smallest absolute Gasteiger partial charge is 0.237 e. The van der Waals surface area contributed by atoms with E-state index in [1.165, 1.54) is 6.07 Å². The molecule has 174 valence electrons. The Bertz CT molecular complexity index is 1380. The molecule has 5 heterocycles. The molecule has 0 radical (unpaired) electrons. The van der Waals surface area contributed by atoms with E-state index in [4.69, 9.17) is 21.3 Å². The summed E-state index contributed by atoms with van der Waals surface area (Å²) in [5.74, 6) is 3.03. The van der Waals surface area contributed by atoms with Gasteiger partial charge in [-0.1, -0.05) is 18.5 Å². The maximum Gasteiger partial charge on any atom is 0.237 e. The second-order valence-electron chi connectivity index (χ2n) is 8.42. The lowest BCUT2D eigenvalue weighted by molar-refractivity contribution is 0.191. The van der Waals surface area contributed by atoms with Crippen molar-refractivity contribution in [3.05, 3.63) is 59.3 Å². The molecule has 9 nitrogen and oxygen atoms in total. The predicted molar refractivity (Wildman–Crippen MR) is 124 cm³/mol. The van der Waals surface area contributed by atoms with Gasteiger partial charge in [0.2, 0.25) is 5.95 Å². The maximum absolute atomic E-state index is 13.7. The molecule has 2 atom stereocenters. The Labute approximate surface area is 200 Å². The van der Waals surface area contributed by atoms with Crippen LogP contribution in [0.3, 0.4) is 0 Å². The third-order valence-electron chi connectivity index (χ3n) is 6.43. The SMILES string of the molecule is CCC1c2nnc(C)n2-c2cnc(-n3ccnc3-c3ccc(F)c(Cl)c3)nc2N1C1CCOC1. The van der Waals surface area contributed by atoms with Gasteiger partial charge in [-0.2, -0.15) is 4.98 Å². The number of imidazole rings is 1. The Kier molecular flexibility index (Phi) is 5.07. The normalized spacial score (nSPS) is 19.4. The van der Waals surface area contributed by atoms with Gasteiger partial charge >= 0.3 is 0 Å². The quantitative estimate of drug-likeness (QED) is 0.435. The van der Waals surface area contributed by atoms with Gasteiger partial charge in [0, 0.05) is 24.6 Å². The minimum absolute atomic E-state index is 0.0151. The molecule has 34 heavy (non-hydrogen) atoms. The number of aromatic nitrogens is 7. The number of hydrogen-bond acceptors (Lipinski definition) is 7. The van der Waals surface area contributed by atoms with E-state index in [0.29, 0.717) is 30.5 Å². The average molecular weight is 481 g/mol. The Morgan fingerprint density at radius 3 is 2.88 bits per heavy atom. The molecule has 0 saturated carbocycles. The highest BCUT2D eigenvalue weighted by Gasteiger charge is 2.39. The summed E-state index contributed by atoms with van der Waals surface area (Å²) >= 11 is 6.02. The molecule has 1 fully saturated rings. The lowest BCUT2D eigenvalue weighted by Gasteiger charge is -2.40. The van der Waals surface area contributed by atoms with E-state index in [2.05, 4.69) is 32.0 Å². The van der Waals surface area contributed by atoms with Gasteiger partial charge in [0.05, 0.1) is 29.9 Å². The van der Waals surface area contributed by atoms with Crippen LogP contribution in [-0.4, -0.2) is 53.5 Å². The molecule has 11 heteroatoms. The summed E-state index contributed by atoms with van der Waals surface area (Å²) in [7, 11) is 0. The fraction of sp³-hybridized carbons (Fsp3) is 0.348. The van der Waals surface area contributed by atoms with Crippen molar-refractivity contribution in [2.75, 3.05) is 18.1 Å². The topological polar surface area (TPSA) is 86.8 Å². The molecule has 0 amide bonds. The number of anilines is 1. The number of fused-ring (bicyclic) bond motifs is 3. The summed E-state index contributed by atoms with van der Waals surface area (Å²) in [5.41, 5.74) is 1.51. The molecule has 3 aromatic heterocycles. The van der Waals surface area contributed by atoms with E-state index in [0.717, 1.165) is 36.0 Å². The van der Waals surface area contributed by atoms with Crippen LogP contribution in [0, 0.1) is 12.7 Å². The fourth-order valence-electron chi connectivity index (χ4n) is 4.85. The van der Waals surface area contributed by atoms with Crippen molar-refractivity contribution < 1.29 is 9.13 Å². The van der Waals surface area contributed by atoms with E-state index < -0.39 is 5.82 Å². The number of aryl methyl sites for hydroxylation is 1. The monoisotopic (exact) mass is 480 g/mol. The molecular formula is C23H22ClFN8O. The van der Waals surface area contributed by atoms with Crippen LogP contribution in [0.1, 0.15) is 37.5 Å². The van der Waals surface area contributed by atoms with Crippen LogP contribution in [0.2, 0.25) is 5.02 Å². The zero-order valence-electron chi connectivity index (χ0n) is 18.7. The van der Waals surface area contributed by atoms with Crippen molar-refractivity contribution >= 4 is 17.4 Å². The standard InChI is InChI=1S/C23H22ClFN8O/c1-3-18-22-30-29-13(2)32(22)19-11-27-23(28-21(19)33(18)15-6-9-34-12-15)31-8-7-26-20(31)14-4-5-17(25)16(24)10-14/h4-5,7-8,10-11,15,18H,3,6,9,12H2,1-2H3. The minimum atomic E-state index is -0.478. The number of ether oxygens (including phenoxy) is 1. The first-order valence-electron chi connectivity index (χ1n) is 11.2. The lowest BCUT2D eigenvalue weighted by atomic mass is 10.0. The average Bonchev–Trinajstić information content (AvgIpc) is 3.61. The first kappa shape index (κ1) is 21.2. The van der Waals surface area contributed by atoms with Gasteiger partial charge in [0.25, 0.3) is 0 Å². The van der Waals surface area contributed by atoms with Gasteiger partial charge in [0.1, 0.15) is 23.2 Å². The number of nitrogens with zero attached hydrogens (tertiary/aromatic N) is 8. The minimum Gasteiger partial charge on any atom is -0.379 e. The first-order valence-corrected chi connectivity index (χ1v) is 11.6. The van der Waals surface area contributed by atoms with Crippen LogP contribution in [0.25, 0.3) is 23.0 Å². The van der Waals surface area contributed by atoms with E-state index in [-0.39, 0.29) is 17.1 Å². The third-order valence-corrected chi connectivity index (χ3v) is 6.72. The highest BCUT2D eigenvalue weighted by atomic mass is 35.5.